The third kappa shape index (κ3) is 3.21. The first-order chi connectivity index (χ1) is 8.93. The van der Waals surface area contributed by atoms with Crippen LogP contribution in [-0.4, -0.2) is 11.5 Å². The van der Waals surface area contributed by atoms with E-state index in [1.165, 1.54) is 6.07 Å². The van der Waals surface area contributed by atoms with E-state index in [1.807, 2.05) is 0 Å². The van der Waals surface area contributed by atoms with Crippen molar-refractivity contribution in [1.29, 1.82) is 0 Å². The third-order valence-corrected chi connectivity index (χ3v) is 4.46. The van der Waals surface area contributed by atoms with Crippen molar-refractivity contribution in [2.75, 3.05) is 11.5 Å². The molecule has 2 rings (SSSR count). The maximum absolute atomic E-state index is 13.2. The minimum Gasteiger partial charge on any atom is -0.271 e. The SMILES string of the molecule is NNC(c1ccc(F)c(C(F)(F)F)c1)C1CCSC1. The van der Waals surface area contributed by atoms with E-state index < -0.39 is 17.6 Å². The zero-order valence-corrected chi connectivity index (χ0v) is 10.8. The van der Waals surface area contributed by atoms with Gasteiger partial charge in [-0.2, -0.15) is 24.9 Å². The summed E-state index contributed by atoms with van der Waals surface area (Å²) in [6, 6.07) is 2.68. The third-order valence-electron chi connectivity index (χ3n) is 3.27. The highest BCUT2D eigenvalue weighted by Crippen LogP contribution is 2.37. The Morgan fingerprint density at radius 3 is 2.63 bits per heavy atom. The molecule has 0 saturated carbocycles. The quantitative estimate of drug-likeness (QED) is 0.511. The predicted octanol–water partition coefficient (Wildman–Crippen LogP) is 3.10. The number of hydrogen-bond acceptors (Lipinski definition) is 3. The first-order valence-electron chi connectivity index (χ1n) is 5.84. The van der Waals surface area contributed by atoms with Gasteiger partial charge in [-0.3, -0.25) is 11.3 Å². The van der Waals surface area contributed by atoms with Gasteiger partial charge in [-0.25, -0.2) is 4.39 Å². The van der Waals surface area contributed by atoms with Gasteiger partial charge in [0.25, 0.3) is 0 Å². The van der Waals surface area contributed by atoms with Gasteiger partial charge in [-0.15, -0.1) is 0 Å². The fourth-order valence-electron chi connectivity index (χ4n) is 2.27. The molecular formula is C12H14F4N2S. The van der Waals surface area contributed by atoms with Crippen molar-refractivity contribution < 1.29 is 17.6 Å². The van der Waals surface area contributed by atoms with Crippen LogP contribution in [0.25, 0.3) is 0 Å². The van der Waals surface area contributed by atoms with Gasteiger partial charge in [0.05, 0.1) is 5.56 Å². The number of hydrogen-bond donors (Lipinski definition) is 2. The molecule has 106 valence electrons. The second kappa shape index (κ2) is 5.68. The maximum atomic E-state index is 13.2. The molecule has 0 spiro atoms. The lowest BCUT2D eigenvalue weighted by Crippen LogP contribution is -2.34. The van der Waals surface area contributed by atoms with E-state index in [0.717, 1.165) is 30.1 Å². The van der Waals surface area contributed by atoms with Crippen LogP contribution in [0.1, 0.15) is 23.6 Å². The molecule has 0 aliphatic carbocycles. The summed E-state index contributed by atoms with van der Waals surface area (Å²) in [7, 11) is 0. The highest BCUT2D eigenvalue weighted by atomic mass is 32.2. The average molecular weight is 294 g/mol. The summed E-state index contributed by atoms with van der Waals surface area (Å²) in [6.45, 7) is 0. The Morgan fingerprint density at radius 1 is 1.37 bits per heavy atom. The molecule has 1 aromatic carbocycles. The molecule has 3 N–H and O–H groups in total. The van der Waals surface area contributed by atoms with Crippen molar-refractivity contribution in [3.63, 3.8) is 0 Å². The lowest BCUT2D eigenvalue weighted by molar-refractivity contribution is -0.140. The van der Waals surface area contributed by atoms with Crippen molar-refractivity contribution in [3.8, 4) is 0 Å². The second-order valence-corrected chi connectivity index (χ2v) is 5.65. The Kier molecular flexibility index (Phi) is 4.37. The van der Waals surface area contributed by atoms with Gasteiger partial charge in [-0.05, 0) is 41.5 Å². The van der Waals surface area contributed by atoms with Crippen LogP contribution in [0.2, 0.25) is 0 Å². The van der Waals surface area contributed by atoms with Gasteiger partial charge in [0, 0.05) is 6.04 Å². The topological polar surface area (TPSA) is 38.0 Å². The minimum atomic E-state index is -4.69. The Morgan fingerprint density at radius 2 is 2.11 bits per heavy atom. The lowest BCUT2D eigenvalue weighted by Gasteiger charge is -2.23. The highest BCUT2D eigenvalue weighted by Gasteiger charge is 2.35. The van der Waals surface area contributed by atoms with Crippen LogP contribution in [0.3, 0.4) is 0 Å². The molecule has 1 aromatic rings. The molecule has 1 saturated heterocycles. The minimum absolute atomic E-state index is 0.168. The average Bonchev–Trinajstić information content (AvgIpc) is 2.84. The Labute approximate surface area is 112 Å². The summed E-state index contributed by atoms with van der Waals surface area (Å²) in [5.41, 5.74) is 1.69. The second-order valence-electron chi connectivity index (χ2n) is 4.51. The molecule has 0 radical (unpaired) electrons. The van der Waals surface area contributed by atoms with Crippen LogP contribution in [0, 0.1) is 11.7 Å². The van der Waals surface area contributed by atoms with Gasteiger partial charge in [0.1, 0.15) is 5.82 Å². The zero-order valence-electron chi connectivity index (χ0n) is 10.0. The first-order valence-corrected chi connectivity index (χ1v) is 6.99. The fourth-order valence-corrected chi connectivity index (χ4v) is 3.57. The van der Waals surface area contributed by atoms with Crippen LogP contribution in [0.4, 0.5) is 17.6 Å². The standard InChI is InChI=1S/C12H14F4N2S/c13-10-2-1-7(5-9(10)12(14,15)16)11(18-17)8-3-4-19-6-8/h1-2,5,8,11,18H,3-4,6,17H2. The number of nitrogens with two attached hydrogens (primary N) is 1. The molecule has 2 unspecified atom stereocenters. The summed E-state index contributed by atoms with van der Waals surface area (Å²) in [6.07, 6.45) is -3.80. The van der Waals surface area contributed by atoms with Crippen molar-refractivity contribution in [2.24, 2.45) is 11.8 Å². The van der Waals surface area contributed by atoms with E-state index in [0.29, 0.717) is 5.56 Å². The molecule has 1 heterocycles. The molecule has 1 fully saturated rings. The normalized spacial score (nSPS) is 21.6. The van der Waals surface area contributed by atoms with Gasteiger partial charge in [0.15, 0.2) is 0 Å². The predicted molar refractivity (Wildman–Crippen MR) is 66.9 cm³/mol. The van der Waals surface area contributed by atoms with E-state index in [4.69, 9.17) is 5.84 Å². The summed E-state index contributed by atoms with van der Waals surface area (Å²) in [4.78, 5) is 0. The molecule has 2 atom stereocenters. The van der Waals surface area contributed by atoms with Crippen molar-refractivity contribution in [1.82, 2.24) is 5.43 Å². The molecule has 0 amide bonds. The lowest BCUT2D eigenvalue weighted by atomic mass is 9.92. The smallest absolute Gasteiger partial charge is 0.271 e. The van der Waals surface area contributed by atoms with E-state index in [-0.39, 0.29) is 12.0 Å². The van der Waals surface area contributed by atoms with Crippen LogP contribution < -0.4 is 11.3 Å². The van der Waals surface area contributed by atoms with E-state index in [2.05, 4.69) is 5.43 Å². The highest BCUT2D eigenvalue weighted by molar-refractivity contribution is 7.99. The fraction of sp³-hybridized carbons (Fsp3) is 0.500. The van der Waals surface area contributed by atoms with Gasteiger partial charge in [0.2, 0.25) is 0 Å². The van der Waals surface area contributed by atoms with Gasteiger partial charge >= 0.3 is 6.18 Å². The molecule has 0 aromatic heterocycles. The van der Waals surface area contributed by atoms with Gasteiger partial charge < -0.3 is 0 Å². The molecule has 1 aliphatic heterocycles. The Bertz CT molecular complexity index is 444. The molecule has 1 aliphatic rings. The Hall–Kier alpha value is -0.790. The van der Waals surface area contributed by atoms with E-state index in [1.54, 1.807) is 11.8 Å². The summed E-state index contributed by atoms with van der Waals surface area (Å²) >= 11 is 1.74. The van der Waals surface area contributed by atoms with Crippen molar-refractivity contribution in [3.05, 3.63) is 35.1 Å². The number of benzene rings is 1. The first kappa shape index (κ1) is 14.6. The van der Waals surface area contributed by atoms with Crippen LogP contribution in [0.15, 0.2) is 18.2 Å². The molecule has 19 heavy (non-hydrogen) atoms. The molecule has 2 nitrogen and oxygen atoms in total. The number of hydrazine groups is 1. The number of thioether (sulfide) groups is 1. The van der Waals surface area contributed by atoms with Gasteiger partial charge in [-0.1, -0.05) is 6.07 Å². The zero-order chi connectivity index (χ0) is 14.0. The molecular weight excluding hydrogens is 280 g/mol. The van der Waals surface area contributed by atoms with Crippen molar-refractivity contribution in [2.45, 2.75) is 18.6 Å². The summed E-state index contributed by atoms with van der Waals surface area (Å²) in [5, 5.41) is 0. The maximum Gasteiger partial charge on any atom is 0.419 e. The van der Waals surface area contributed by atoms with Crippen LogP contribution in [-0.2, 0) is 6.18 Å². The monoisotopic (exact) mass is 294 g/mol. The van der Waals surface area contributed by atoms with Crippen LogP contribution >= 0.6 is 11.8 Å². The summed E-state index contributed by atoms with van der Waals surface area (Å²) < 4.78 is 51.3. The number of halogens is 4. The molecule has 0 bridgehead atoms. The largest absolute Gasteiger partial charge is 0.419 e. The number of nitrogens with one attached hydrogen (secondary N) is 1. The Balaban J connectivity index is 2.33. The van der Waals surface area contributed by atoms with Crippen molar-refractivity contribution >= 4 is 11.8 Å². The molecule has 7 heteroatoms. The number of rotatable bonds is 3. The summed E-state index contributed by atoms with van der Waals surface area (Å²) in [5.74, 6) is 6.17. The number of alkyl halides is 3. The van der Waals surface area contributed by atoms with Crippen LogP contribution in [0.5, 0.6) is 0 Å². The van der Waals surface area contributed by atoms with E-state index in [9.17, 15) is 17.6 Å². The van der Waals surface area contributed by atoms with E-state index >= 15 is 0 Å².